The number of amides is 1. The van der Waals surface area contributed by atoms with Crippen molar-refractivity contribution >= 4 is 46.0 Å². The van der Waals surface area contributed by atoms with Gasteiger partial charge in [0, 0.05) is 19.1 Å². The van der Waals surface area contributed by atoms with E-state index >= 15 is 0 Å². The second kappa shape index (κ2) is 6.49. The minimum absolute atomic E-state index is 0.0860. The van der Waals surface area contributed by atoms with Crippen LogP contribution >= 0.6 is 11.6 Å². The van der Waals surface area contributed by atoms with Crippen LogP contribution in [0.1, 0.15) is 18.1 Å². The third-order valence-corrected chi connectivity index (χ3v) is 5.55. The Morgan fingerprint density at radius 3 is 2.46 bits per heavy atom. The van der Waals surface area contributed by atoms with Crippen LogP contribution in [0.5, 0.6) is 0 Å². The second-order valence-electron chi connectivity index (χ2n) is 6.89. The summed E-state index contributed by atoms with van der Waals surface area (Å²) in [4.78, 5) is 25.1. The van der Waals surface area contributed by atoms with Crippen LogP contribution in [0.15, 0.2) is 51.9 Å². The van der Waals surface area contributed by atoms with Crippen molar-refractivity contribution in [1.82, 2.24) is 9.13 Å². The Labute approximate surface area is 166 Å². The van der Waals surface area contributed by atoms with Crippen molar-refractivity contribution in [2.45, 2.75) is 13.8 Å². The molecule has 28 heavy (non-hydrogen) atoms. The molecule has 2 aromatic carbocycles. The quantitative estimate of drug-likeness (QED) is 0.623. The van der Waals surface area contributed by atoms with Gasteiger partial charge in [0.15, 0.2) is 0 Å². The highest BCUT2D eigenvalue weighted by molar-refractivity contribution is 6.34. The number of aromatic nitrogens is 2. The van der Waals surface area contributed by atoms with E-state index in [2.05, 4.69) is 5.10 Å². The highest BCUT2D eigenvalue weighted by atomic mass is 35.5. The van der Waals surface area contributed by atoms with E-state index in [1.807, 2.05) is 31.2 Å². The summed E-state index contributed by atoms with van der Waals surface area (Å²) in [7, 11) is 3.48. The van der Waals surface area contributed by atoms with Crippen LogP contribution in [0.2, 0.25) is 5.02 Å². The number of carbonyl (C=O) groups is 1. The molecule has 1 amide bonds. The van der Waals surface area contributed by atoms with E-state index in [0.29, 0.717) is 22.0 Å². The lowest BCUT2D eigenvalue weighted by molar-refractivity contribution is -0.114. The summed E-state index contributed by atoms with van der Waals surface area (Å²) in [6, 6.07) is 11.1. The molecule has 0 aliphatic carbocycles. The van der Waals surface area contributed by atoms with Crippen molar-refractivity contribution in [3.63, 3.8) is 0 Å². The molecule has 7 heteroatoms. The second-order valence-corrected chi connectivity index (χ2v) is 7.30. The van der Waals surface area contributed by atoms with E-state index in [9.17, 15) is 9.59 Å². The van der Waals surface area contributed by atoms with Crippen LogP contribution in [-0.4, -0.2) is 20.8 Å². The predicted molar refractivity (Wildman–Crippen MR) is 113 cm³/mol. The third kappa shape index (κ3) is 2.68. The average molecular weight is 395 g/mol. The van der Waals surface area contributed by atoms with Crippen LogP contribution in [0, 0.1) is 6.92 Å². The molecule has 0 saturated carbocycles. The molecule has 0 saturated heterocycles. The van der Waals surface area contributed by atoms with Gasteiger partial charge in [0.05, 0.1) is 28.0 Å². The normalized spacial score (nSPS) is 15.8. The summed E-state index contributed by atoms with van der Waals surface area (Å²) in [6.07, 6.45) is 1.80. The first kappa shape index (κ1) is 18.3. The molecular weight excluding hydrogens is 376 g/mol. The van der Waals surface area contributed by atoms with Crippen LogP contribution < -0.4 is 10.7 Å². The summed E-state index contributed by atoms with van der Waals surface area (Å²) < 4.78 is 3.19. The maximum atomic E-state index is 13.0. The fourth-order valence-corrected chi connectivity index (χ4v) is 3.62. The van der Waals surface area contributed by atoms with Gasteiger partial charge in [0.2, 0.25) is 0 Å². The number of anilines is 1. The van der Waals surface area contributed by atoms with Crippen LogP contribution in [0.4, 0.5) is 5.69 Å². The van der Waals surface area contributed by atoms with E-state index in [0.717, 1.165) is 22.2 Å². The Bertz CT molecular complexity index is 1260. The minimum Gasteiger partial charge on any atom is -0.295 e. The number of carbonyl (C=O) groups excluding carboxylic acids is 1. The Balaban J connectivity index is 1.77. The molecule has 2 heterocycles. The first-order chi connectivity index (χ1) is 13.3. The van der Waals surface area contributed by atoms with Crippen molar-refractivity contribution in [3.8, 4) is 0 Å². The maximum absolute atomic E-state index is 13.0. The van der Waals surface area contributed by atoms with Gasteiger partial charge in [-0.05, 0) is 55.3 Å². The van der Waals surface area contributed by atoms with Crippen molar-refractivity contribution in [3.05, 3.63) is 68.6 Å². The summed E-state index contributed by atoms with van der Waals surface area (Å²) in [5, 5.41) is 6.41. The van der Waals surface area contributed by atoms with Gasteiger partial charge in [-0.2, -0.15) is 10.1 Å². The highest BCUT2D eigenvalue weighted by Gasteiger charge is 2.30. The van der Waals surface area contributed by atoms with Gasteiger partial charge < -0.3 is 0 Å². The SMILES string of the molecule is CC1=NN(c2cccc(Cl)c2C)C(=O)/C1=C/c1ccc2c(c1)n(C)c(=O)n2C. The predicted octanol–water partition coefficient (Wildman–Crippen LogP) is 3.64. The van der Waals surface area contributed by atoms with Gasteiger partial charge in [0.25, 0.3) is 5.91 Å². The standard InChI is InChI=1S/C21H19ClN4O2/c1-12-16(22)6-5-7-17(12)26-20(27)15(13(2)23-26)10-14-8-9-18-19(11-14)25(4)21(28)24(18)3/h5-11H,1-4H3/b15-10+. The van der Waals surface area contributed by atoms with E-state index in [4.69, 9.17) is 11.6 Å². The van der Waals surface area contributed by atoms with Crippen molar-refractivity contribution in [2.75, 3.05) is 5.01 Å². The van der Waals surface area contributed by atoms with Crippen LogP contribution in [-0.2, 0) is 18.9 Å². The lowest BCUT2D eigenvalue weighted by Crippen LogP contribution is -2.22. The average Bonchev–Trinajstić information content (AvgIpc) is 3.07. The Hall–Kier alpha value is -3.12. The van der Waals surface area contributed by atoms with Crippen molar-refractivity contribution < 1.29 is 4.79 Å². The van der Waals surface area contributed by atoms with Crippen LogP contribution in [0.3, 0.4) is 0 Å². The largest absolute Gasteiger partial charge is 0.328 e. The topological polar surface area (TPSA) is 59.6 Å². The molecule has 142 valence electrons. The van der Waals surface area contributed by atoms with Gasteiger partial charge in [-0.3, -0.25) is 13.9 Å². The van der Waals surface area contributed by atoms with Gasteiger partial charge in [-0.15, -0.1) is 0 Å². The van der Waals surface area contributed by atoms with E-state index in [1.165, 1.54) is 5.01 Å². The van der Waals surface area contributed by atoms with Crippen LogP contribution in [0.25, 0.3) is 17.1 Å². The summed E-state index contributed by atoms with van der Waals surface area (Å²) in [5.74, 6) is -0.204. The van der Waals surface area contributed by atoms with Gasteiger partial charge in [0.1, 0.15) is 0 Å². The summed E-state index contributed by atoms with van der Waals surface area (Å²) >= 11 is 6.20. The van der Waals surface area contributed by atoms with Gasteiger partial charge in [-0.1, -0.05) is 23.7 Å². The molecular formula is C21H19ClN4O2. The first-order valence-electron chi connectivity index (χ1n) is 8.82. The van der Waals surface area contributed by atoms with E-state index < -0.39 is 0 Å². The zero-order valence-electron chi connectivity index (χ0n) is 16.0. The Morgan fingerprint density at radius 2 is 1.71 bits per heavy atom. The smallest absolute Gasteiger partial charge is 0.295 e. The number of halogens is 1. The number of benzene rings is 2. The lowest BCUT2D eigenvalue weighted by Gasteiger charge is -2.15. The van der Waals surface area contributed by atoms with E-state index in [-0.39, 0.29) is 11.6 Å². The molecule has 4 rings (SSSR count). The molecule has 0 spiro atoms. The number of hydrogen-bond donors (Lipinski definition) is 0. The number of hydrazone groups is 1. The Morgan fingerprint density at radius 1 is 1.00 bits per heavy atom. The number of imidazole rings is 1. The van der Waals surface area contributed by atoms with Crippen molar-refractivity contribution in [1.29, 1.82) is 0 Å². The van der Waals surface area contributed by atoms with Gasteiger partial charge in [-0.25, -0.2) is 4.79 Å². The molecule has 1 aromatic heterocycles. The lowest BCUT2D eigenvalue weighted by atomic mass is 10.1. The van der Waals surface area contributed by atoms with Crippen molar-refractivity contribution in [2.24, 2.45) is 19.2 Å². The fourth-order valence-electron chi connectivity index (χ4n) is 3.45. The molecule has 0 atom stereocenters. The molecule has 1 aliphatic heterocycles. The molecule has 0 bridgehead atoms. The molecule has 0 fully saturated rings. The maximum Gasteiger partial charge on any atom is 0.328 e. The number of rotatable bonds is 2. The van der Waals surface area contributed by atoms with E-state index in [1.54, 1.807) is 48.4 Å². The zero-order chi connectivity index (χ0) is 20.2. The number of aryl methyl sites for hydroxylation is 2. The molecule has 3 aromatic rings. The molecule has 6 nitrogen and oxygen atoms in total. The van der Waals surface area contributed by atoms with Gasteiger partial charge >= 0.3 is 5.69 Å². The highest BCUT2D eigenvalue weighted by Crippen LogP contribution is 2.31. The minimum atomic E-state index is -0.204. The zero-order valence-corrected chi connectivity index (χ0v) is 16.8. The monoisotopic (exact) mass is 394 g/mol. The summed E-state index contributed by atoms with van der Waals surface area (Å²) in [6.45, 7) is 3.67. The molecule has 0 unspecified atom stereocenters. The molecule has 0 radical (unpaired) electrons. The summed E-state index contributed by atoms with van der Waals surface area (Å²) in [5.41, 5.74) is 5.01. The number of fused-ring (bicyclic) bond motifs is 1. The molecule has 1 aliphatic rings. The fraction of sp³-hybridized carbons (Fsp3) is 0.190. The Kier molecular flexibility index (Phi) is 4.23. The first-order valence-corrected chi connectivity index (χ1v) is 9.19. The third-order valence-electron chi connectivity index (χ3n) is 5.14. The molecule has 0 N–H and O–H groups in total. The number of nitrogens with zero attached hydrogens (tertiary/aromatic N) is 4. The number of hydrogen-bond acceptors (Lipinski definition) is 3.